The Morgan fingerprint density at radius 1 is 1.50 bits per heavy atom. The molecule has 0 aromatic carbocycles. The number of allylic oxidation sites excluding steroid dienone is 1. The highest BCUT2D eigenvalue weighted by atomic mass is 16.5. The van der Waals surface area contributed by atoms with E-state index in [9.17, 15) is 0 Å². The van der Waals surface area contributed by atoms with Gasteiger partial charge in [0.25, 0.3) is 0 Å². The van der Waals surface area contributed by atoms with Crippen LogP contribution in [0.1, 0.15) is 26.7 Å². The molecular formula is C10H19NO. The van der Waals surface area contributed by atoms with E-state index in [1.165, 1.54) is 25.9 Å². The molecule has 0 saturated carbocycles. The van der Waals surface area contributed by atoms with Crippen molar-refractivity contribution in [2.45, 2.75) is 26.7 Å². The quantitative estimate of drug-likeness (QED) is 0.601. The van der Waals surface area contributed by atoms with Gasteiger partial charge in [-0.15, -0.1) is 0 Å². The Kier molecular flexibility index (Phi) is 3.60. The maximum Gasteiger partial charge on any atom is 0.141 e. The van der Waals surface area contributed by atoms with Crippen LogP contribution < -0.4 is 0 Å². The summed E-state index contributed by atoms with van der Waals surface area (Å²) in [5.41, 5.74) is 0. The minimum Gasteiger partial charge on any atom is -0.483 e. The molecular weight excluding hydrogens is 150 g/mol. The molecule has 0 N–H and O–H groups in total. The third-order valence-electron chi connectivity index (χ3n) is 2.37. The molecule has 0 aromatic heterocycles. The van der Waals surface area contributed by atoms with Gasteiger partial charge < -0.3 is 4.74 Å². The fourth-order valence-electron chi connectivity index (χ4n) is 1.39. The number of hydrogen-bond donors (Lipinski definition) is 0. The monoisotopic (exact) mass is 169 g/mol. The van der Waals surface area contributed by atoms with E-state index in [1.807, 2.05) is 6.92 Å². The molecule has 1 heterocycles. The first kappa shape index (κ1) is 9.59. The summed E-state index contributed by atoms with van der Waals surface area (Å²) in [5.74, 6) is 1.71. The topological polar surface area (TPSA) is 12.5 Å². The number of nitrogens with zero attached hydrogens (tertiary/aromatic N) is 1. The van der Waals surface area contributed by atoms with Crippen LogP contribution in [0.4, 0.5) is 0 Å². The van der Waals surface area contributed by atoms with Crippen molar-refractivity contribution in [3.8, 4) is 0 Å². The molecule has 0 aliphatic carbocycles. The summed E-state index contributed by atoms with van der Waals surface area (Å²) in [6.07, 6.45) is 2.61. The largest absolute Gasteiger partial charge is 0.483 e. The Bertz CT molecular complexity index is 148. The molecule has 12 heavy (non-hydrogen) atoms. The van der Waals surface area contributed by atoms with Gasteiger partial charge in [-0.2, -0.15) is 0 Å². The van der Waals surface area contributed by atoms with Gasteiger partial charge in [-0.1, -0.05) is 13.5 Å². The molecule has 1 aliphatic heterocycles. The number of likely N-dealkylation sites (tertiary alicyclic amines) is 1. The van der Waals surface area contributed by atoms with Gasteiger partial charge in [0, 0.05) is 13.1 Å². The van der Waals surface area contributed by atoms with Crippen LogP contribution >= 0.6 is 0 Å². The Balaban J connectivity index is 2.13. The van der Waals surface area contributed by atoms with Crippen LogP contribution in [-0.2, 0) is 4.74 Å². The van der Waals surface area contributed by atoms with Crippen LogP contribution in [0.3, 0.4) is 0 Å². The molecule has 0 amide bonds. The average molecular weight is 169 g/mol. The van der Waals surface area contributed by atoms with Crippen molar-refractivity contribution in [3.05, 3.63) is 12.3 Å². The Morgan fingerprint density at radius 3 is 2.58 bits per heavy atom. The van der Waals surface area contributed by atoms with Gasteiger partial charge in [0.2, 0.25) is 0 Å². The Hall–Kier alpha value is -0.500. The molecule has 0 unspecified atom stereocenters. The standard InChI is InChI=1S/C10H19NO/c1-9(2)12-8-11-6-4-10(3)5-7-11/h10H,1,4-8H2,2-3H3. The molecule has 2 nitrogen and oxygen atoms in total. The second-order valence-electron chi connectivity index (χ2n) is 3.78. The van der Waals surface area contributed by atoms with Gasteiger partial charge in [0.15, 0.2) is 0 Å². The first-order valence-corrected chi connectivity index (χ1v) is 4.69. The third-order valence-corrected chi connectivity index (χ3v) is 2.37. The van der Waals surface area contributed by atoms with E-state index in [2.05, 4.69) is 18.4 Å². The average Bonchev–Trinajstić information content (AvgIpc) is 2.03. The molecule has 1 aliphatic rings. The maximum atomic E-state index is 5.35. The summed E-state index contributed by atoms with van der Waals surface area (Å²) in [7, 11) is 0. The molecule has 70 valence electrons. The second kappa shape index (κ2) is 4.51. The summed E-state index contributed by atoms with van der Waals surface area (Å²) in [4.78, 5) is 2.34. The fourth-order valence-corrected chi connectivity index (χ4v) is 1.39. The number of rotatable bonds is 3. The van der Waals surface area contributed by atoms with Crippen molar-refractivity contribution < 1.29 is 4.74 Å². The van der Waals surface area contributed by atoms with Crippen LogP contribution in [0.2, 0.25) is 0 Å². The predicted molar refractivity (Wildman–Crippen MR) is 50.7 cm³/mol. The first-order valence-electron chi connectivity index (χ1n) is 4.69. The van der Waals surface area contributed by atoms with Crippen molar-refractivity contribution in [1.29, 1.82) is 0 Å². The van der Waals surface area contributed by atoms with Crippen molar-refractivity contribution in [1.82, 2.24) is 4.90 Å². The minimum atomic E-state index is 0.724. The first-order chi connectivity index (χ1) is 5.68. The molecule has 0 aromatic rings. The number of ether oxygens (including phenoxy) is 1. The molecule has 0 atom stereocenters. The zero-order valence-corrected chi connectivity index (χ0v) is 8.18. The van der Waals surface area contributed by atoms with E-state index >= 15 is 0 Å². The smallest absolute Gasteiger partial charge is 0.141 e. The normalized spacial score (nSPS) is 20.8. The van der Waals surface area contributed by atoms with E-state index in [-0.39, 0.29) is 0 Å². The van der Waals surface area contributed by atoms with Gasteiger partial charge in [-0.3, -0.25) is 4.90 Å². The van der Waals surface area contributed by atoms with Crippen molar-refractivity contribution >= 4 is 0 Å². The van der Waals surface area contributed by atoms with E-state index in [0.29, 0.717) is 0 Å². The summed E-state index contributed by atoms with van der Waals surface area (Å²) < 4.78 is 5.35. The molecule has 0 bridgehead atoms. The van der Waals surface area contributed by atoms with Crippen LogP contribution in [-0.4, -0.2) is 24.7 Å². The van der Waals surface area contributed by atoms with Crippen molar-refractivity contribution in [3.63, 3.8) is 0 Å². The van der Waals surface area contributed by atoms with Crippen LogP contribution in [0, 0.1) is 5.92 Å². The zero-order valence-electron chi connectivity index (χ0n) is 8.18. The molecule has 1 rings (SSSR count). The van der Waals surface area contributed by atoms with Gasteiger partial charge in [0.05, 0.1) is 5.76 Å². The lowest BCUT2D eigenvalue weighted by Crippen LogP contribution is -2.34. The Labute approximate surface area is 75.2 Å². The van der Waals surface area contributed by atoms with Crippen molar-refractivity contribution in [2.75, 3.05) is 19.8 Å². The summed E-state index contributed by atoms with van der Waals surface area (Å²) in [6.45, 7) is 11.0. The molecule has 0 spiro atoms. The minimum absolute atomic E-state index is 0.724. The predicted octanol–water partition coefficient (Wildman–Crippen LogP) is 2.23. The highest BCUT2D eigenvalue weighted by molar-refractivity contribution is 4.74. The van der Waals surface area contributed by atoms with Crippen LogP contribution in [0.15, 0.2) is 12.3 Å². The molecule has 1 saturated heterocycles. The molecule has 1 fully saturated rings. The Morgan fingerprint density at radius 2 is 2.08 bits per heavy atom. The lowest BCUT2D eigenvalue weighted by atomic mass is 10.00. The van der Waals surface area contributed by atoms with E-state index < -0.39 is 0 Å². The van der Waals surface area contributed by atoms with Gasteiger partial charge in [-0.05, 0) is 25.7 Å². The second-order valence-corrected chi connectivity index (χ2v) is 3.78. The highest BCUT2D eigenvalue weighted by Gasteiger charge is 2.15. The van der Waals surface area contributed by atoms with Crippen LogP contribution in [0.5, 0.6) is 0 Å². The summed E-state index contributed by atoms with van der Waals surface area (Å²) in [5, 5.41) is 0. The highest BCUT2D eigenvalue weighted by Crippen LogP contribution is 2.15. The fraction of sp³-hybridized carbons (Fsp3) is 0.800. The van der Waals surface area contributed by atoms with Gasteiger partial charge in [-0.25, -0.2) is 0 Å². The lowest BCUT2D eigenvalue weighted by molar-refractivity contribution is 0.0505. The maximum absolute atomic E-state index is 5.35. The van der Waals surface area contributed by atoms with E-state index in [1.54, 1.807) is 0 Å². The lowest BCUT2D eigenvalue weighted by Gasteiger charge is -2.29. The van der Waals surface area contributed by atoms with Crippen LogP contribution in [0.25, 0.3) is 0 Å². The van der Waals surface area contributed by atoms with E-state index in [0.717, 1.165) is 18.4 Å². The third kappa shape index (κ3) is 3.26. The molecule has 0 radical (unpaired) electrons. The van der Waals surface area contributed by atoms with Gasteiger partial charge >= 0.3 is 0 Å². The molecule has 2 heteroatoms. The SMILES string of the molecule is C=C(C)OCN1CCC(C)CC1. The number of hydrogen-bond acceptors (Lipinski definition) is 2. The summed E-state index contributed by atoms with van der Waals surface area (Å²) in [6, 6.07) is 0. The zero-order chi connectivity index (χ0) is 8.97. The summed E-state index contributed by atoms with van der Waals surface area (Å²) >= 11 is 0. The number of piperidine rings is 1. The van der Waals surface area contributed by atoms with Gasteiger partial charge in [0.1, 0.15) is 6.73 Å². The van der Waals surface area contributed by atoms with E-state index in [4.69, 9.17) is 4.74 Å². The van der Waals surface area contributed by atoms with Crippen molar-refractivity contribution in [2.24, 2.45) is 5.92 Å².